The number of rotatable bonds is 6. The largest absolute Gasteiger partial charge is 0.549 e. The van der Waals surface area contributed by atoms with E-state index in [4.69, 9.17) is 0 Å². The van der Waals surface area contributed by atoms with E-state index in [9.17, 15) is 14.7 Å². The SMILES string of the molecule is O=C([O-])CS[C@@H](C(=O)Nc1ccc(Br)cc1)c1ccccc1. The number of amides is 1. The zero-order valence-electron chi connectivity index (χ0n) is 11.5. The topological polar surface area (TPSA) is 69.2 Å². The van der Waals surface area contributed by atoms with Crippen molar-refractivity contribution in [3.05, 3.63) is 64.6 Å². The zero-order chi connectivity index (χ0) is 15.9. The second-order valence-electron chi connectivity index (χ2n) is 4.47. The first-order chi connectivity index (χ1) is 10.6. The third-order valence-electron chi connectivity index (χ3n) is 2.82. The van der Waals surface area contributed by atoms with E-state index in [1.807, 2.05) is 30.3 Å². The van der Waals surface area contributed by atoms with Gasteiger partial charge in [-0.2, -0.15) is 0 Å². The number of hydrogen-bond acceptors (Lipinski definition) is 4. The van der Waals surface area contributed by atoms with Crippen molar-refractivity contribution in [2.45, 2.75) is 5.25 Å². The van der Waals surface area contributed by atoms with Crippen LogP contribution in [0.1, 0.15) is 10.8 Å². The molecule has 0 heterocycles. The molecule has 2 aromatic carbocycles. The molecular weight excluding hydrogens is 366 g/mol. The lowest BCUT2D eigenvalue weighted by Gasteiger charge is -2.17. The van der Waals surface area contributed by atoms with Gasteiger partial charge in [0.15, 0.2) is 0 Å². The van der Waals surface area contributed by atoms with Gasteiger partial charge in [-0.15, -0.1) is 11.8 Å². The summed E-state index contributed by atoms with van der Waals surface area (Å²) in [6.45, 7) is 0. The van der Waals surface area contributed by atoms with Crippen molar-refractivity contribution in [1.82, 2.24) is 0 Å². The number of nitrogens with one attached hydrogen (secondary N) is 1. The highest BCUT2D eigenvalue weighted by Gasteiger charge is 2.21. The molecule has 0 fully saturated rings. The van der Waals surface area contributed by atoms with Gasteiger partial charge in [0.1, 0.15) is 5.25 Å². The molecule has 0 saturated heterocycles. The molecule has 1 N–H and O–H groups in total. The molecule has 0 aliphatic carbocycles. The van der Waals surface area contributed by atoms with Gasteiger partial charge in [0.05, 0.1) is 5.97 Å². The van der Waals surface area contributed by atoms with Crippen LogP contribution in [0.5, 0.6) is 0 Å². The minimum atomic E-state index is -1.19. The van der Waals surface area contributed by atoms with Gasteiger partial charge in [0.2, 0.25) is 5.91 Å². The molecule has 1 atom stereocenters. The quantitative estimate of drug-likeness (QED) is 0.838. The number of carboxylic acid groups (broad SMARTS) is 1. The Morgan fingerprint density at radius 2 is 1.73 bits per heavy atom. The van der Waals surface area contributed by atoms with Crippen LogP contribution in [0.15, 0.2) is 59.1 Å². The second kappa shape index (κ2) is 8.00. The molecule has 4 nitrogen and oxygen atoms in total. The molecular formula is C16H13BrNO3S-. The summed E-state index contributed by atoms with van der Waals surface area (Å²) in [6.07, 6.45) is 0. The van der Waals surface area contributed by atoms with E-state index in [1.54, 1.807) is 24.3 Å². The first-order valence-corrected chi connectivity index (χ1v) is 8.33. The summed E-state index contributed by atoms with van der Waals surface area (Å²) in [4.78, 5) is 23.1. The number of carbonyl (C=O) groups is 2. The minimum absolute atomic E-state index is 0.243. The predicted molar refractivity (Wildman–Crippen MR) is 89.4 cm³/mol. The lowest BCUT2D eigenvalue weighted by molar-refractivity contribution is -0.301. The van der Waals surface area contributed by atoms with E-state index in [1.165, 1.54) is 0 Å². The van der Waals surface area contributed by atoms with Crippen molar-refractivity contribution in [1.29, 1.82) is 0 Å². The Bertz CT molecular complexity index is 646. The van der Waals surface area contributed by atoms with Crippen LogP contribution >= 0.6 is 27.7 Å². The average Bonchev–Trinajstić information content (AvgIpc) is 2.50. The Kier molecular flexibility index (Phi) is 6.03. The van der Waals surface area contributed by atoms with Crippen LogP contribution in [0.2, 0.25) is 0 Å². The molecule has 2 rings (SSSR count). The number of halogens is 1. The Morgan fingerprint density at radius 3 is 2.32 bits per heavy atom. The summed E-state index contributed by atoms with van der Waals surface area (Å²) >= 11 is 4.36. The first-order valence-electron chi connectivity index (χ1n) is 6.49. The van der Waals surface area contributed by atoms with Crippen molar-refractivity contribution in [2.75, 3.05) is 11.1 Å². The monoisotopic (exact) mass is 378 g/mol. The Morgan fingerprint density at radius 1 is 1.09 bits per heavy atom. The van der Waals surface area contributed by atoms with Crippen LogP contribution in [-0.2, 0) is 9.59 Å². The van der Waals surface area contributed by atoms with Gasteiger partial charge < -0.3 is 15.2 Å². The average molecular weight is 379 g/mol. The normalized spacial score (nSPS) is 11.7. The van der Waals surface area contributed by atoms with Gasteiger partial charge in [0, 0.05) is 15.9 Å². The molecule has 0 bridgehead atoms. The van der Waals surface area contributed by atoms with Crippen LogP contribution in [0.3, 0.4) is 0 Å². The maximum Gasteiger partial charge on any atom is 0.242 e. The van der Waals surface area contributed by atoms with Crippen molar-refractivity contribution in [3.63, 3.8) is 0 Å². The third-order valence-corrected chi connectivity index (χ3v) is 4.57. The number of carbonyl (C=O) groups excluding carboxylic acids is 2. The van der Waals surface area contributed by atoms with E-state index in [0.717, 1.165) is 21.8 Å². The number of thioether (sulfide) groups is 1. The van der Waals surface area contributed by atoms with Crippen molar-refractivity contribution < 1.29 is 14.7 Å². The van der Waals surface area contributed by atoms with Crippen LogP contribution < -0.4 is 10.4 Å². The Labute approximate surface area is 141 Å². The summed E-state index contributed by atoms with van der Waals surface area (Å²) in [5.41, 5.74) is 1.41. The van der Waals surface area contributed by atoms with Crippen molar-refractivity contribution in [2.24, 2.45) is 0 Å². The van der Waals surface area contributed by atoms with E-state index < -0.39 is 11.2 Å². The maximum atomic E-state index is 12.5. The standard InChI is InChI=1S/C16H14BrNO3S/c17-12-6-8-13(9-7-12)18-16(21)15(22-10-14(19)20)11-4-2-1-3-5-11/h1-9,15H,10H2,(H,18,21)(H,19,20)/p-1/t15-/m1/s1. The summed E-state index contributed by atoms with van der Waals surface area (Å²) in [7, 11) is 0. The Hall–Kier alpha value is -1.79. The molecule has 0 aliphatic rings. The smallest absolute Gasteiger partial charge is 0.242 e. The van der Waals surface area contributed by atoms with Crippen LogP contribution in [-0.4, -0.2) is 17.6 Å². The van der Waals surface area contributed by atoms with Gasteiger partial charge in [-0.3, -0.25) is 4.79 Å². The van der Waals surface area contributed by atoms with Crippen molar-refractivity contribution >= 4 is 45.3 Å². The van der Waals surface area contributed by atoms with Gasteiger partial charge in [-0.05, 0) is 29.8 Å². The number of aliphatic carboxylic acids is 1. The fraction of sp³-hybridized carbons (Fsp3) is 0.125. The lowest BCUT2D eigenvalue weighted by atomic mass is 10.1. The molecule has 0 unspecified atom stereocenters. The number of anilines is 1. The minimum Gasteiger partial charge on any atom is -0.549 e. The fourth-order valence-electron chi connectivity index (χ4n) is 1.84. The van der Waals surface area contributed by atoms with Crippen LogP contribution in [0.4, 0.5) is 5.69 Å². The Balaban J connectivity index is 2.14. The summed E-state index contributed by atoms with van der Waals surface area (Å²) in [6, 6.07) is 16.3. The number of hydrogen-bond donors (Lipinski definition) is 1. The van der Waals surface area contributed by atoms with Gasteiger partial charge in [-0.1, -0.05) is 46.3 Å². The van der Waals surface area contributed by atoms with E-state index in [2.05, 4.69) is 21.2 Å². The molecule has 22 heavy (non-hydrogen) atoms. The highest BCUT2D eigenvalue weighted by atomic mass is 79.9. The molecule has 2 aromatic rings. The predicted octanol–water partition coefficient (Wildman–Crippen LogP) is 2.61. The molecule has 6 heteroatoms. The number of carboxylic acids is 1. The summed E-state index contributed by atoms with van der Waals surface area (Å²) in [5.74, 6) is -1.70. The highest BCUT2D eigenvalue weighted by molar-refractivity contribution is 9.10. The molecule has 0 saturated carbocycles. The number of benzene rings is 2. The van der Waals surface area contributed by atoms with Crippen LogP contribution in [0, 0.1) is 0 Å². The molecule has 1 amide bonds. The molecule has 0 spiro atoms. The van der Waals surface area contributed by atoms with E-state index in [-0.39, 0.29) is 11.7 Å². The molecule has 114 valence electrons. The summed E-state index contributed by atoms with van der Waals surface area (Å²) < 4.78 is 0.913. The van der Waals surface area contributed by atoms with Crippen LogP contribution in [0.25, 0.3) is 0 Å². The molecule has 0 aromatic heterocycles. The van der Waals surface area contributed by atoms with Gasteiger partial charge >= 0.3 is 0 Å². The van der Waals surface area contributed by atoms with Gasteiger partial charge in [-0.25, -0.2) is 0 Å². The van der Waals surface area contributed by atoms with E-state index >= 15 is 0 Å². The molecule has 0 aliphatic heterocycles. The molecule has 0 radical (unpaired) electrons. The fourth-order valence-corrected chi connectivity index (χ4v) is 2.97. The second-order valence-corrected chi connectivity index (χ2v) is 6.48. The maximum absolute atomic E-state index is 12.5. The summed E-state index contributed by atoms with van der Waals surface area (Å²) in [5, 5.41) is 12.9. The first kappa shape index (κ1) is 16.6. The van der Waals surface area contributed by atoms with E-state index in [0.29, 0.717) is 5.69 Å². The van der Waals surface area contributed by atoms with Gasteiger partial charge in [0.25, 0.3) is 0 Å². The third kappa shape index (κ3) is 4.89. The lowest BCUT2D eigenvalue weighted by Crippen LogP contribution is -2.27. The zero-order valence-corrected chi connectivity index (χ0v) is 13.9. The van der Waals surface area contributed by atoms with Crippen molar-refractivity contribution in [3.8, 4) is 0 Å². The highest BCUT2D eigenvalue weighted by Crippen LogP contribution is 2.30.